The summed E-state index contributed by atoms with van der Waals surface area (Å²) < 4.78 is 25.0. The average molecular weight is 352 g/mol. The van der Waals surface area contributed by atoms with E-state index in [4.69, 9.17) is 23.2 Å². The van der Waals surface area contributed by atoms with E-state index in [-0.39, 0.29) is 10.6 Å². The minimum absolute atomic E-state index is 0.0923. The highest BCUT2D eigenvalue weighted by atomic mass is 35.5. The topological polar surface area (TPSA) is 47.0 Å². The Morgan fingerprint density at radius 2 is 1.59 bits per heavy atom. The maximum absolute atomic E-state index is 12.5. The fourth-order valence-corrected chi connectivity index (χ4v) is 3.74. The third-order valence-electron chi connectivity index (χ3n) is 3.25. The lowest BCUT2D eigenvalue weighted by atomic mass is 10.2. The number of aromatic nitrogens is 1. The summed E-state index contributed by atoms with van der Waals surface area (Å²) in [4.78, 5) is 4.37. The van der Waals surface area contributed by atoms with Crippen LogP contribution in [0.1, 0.15) is 5.56 Å². The van der Waals surface area contributed by atoms with Gasteiger partial charge in [-0.2, -0.15) is 0 Å². The molecule has 1 aromatic heterocycles. The van der Waals surface area contributed by atoms with Gasteiger partial charge < -0.3 is 0 Å². The third-order valence-corrected chi connectivity index (χ3v) is 5.39. The number of benzene rings is 2. The maximum atomic E-state index is 12.5. The molecule has 0 radical (unpaired) electrons. The summed E-state index contributed by atoms with van der Waals surface area (Å²) in [5.41, 5.74) is 1.35. The standard InChI is InChI=1S/C16H11Cl2NO2S/c17-13-4-1-11(2-5-13)10-22(20,21)15-7-12-3-6-14(18)8-16(12)19-9-15/h1-9H,10H2. The minimum Gasteiger partial charge on any atom is -0.255 e. The number of sulfone groups is 1. The quantitative estimate of drug-likeness (QED) is 0.697. The Bertz CT molecular complexity index is 938. The molecule has 0 atom stereocenters. The Balaban J connectivity index is 1.97. The van der Waals surface area contributed by atoms with Crippen molar-refractivity contribution in [1.82, 2.24) is 4.98 Å². The first-order chi connectivity index (χ1) is 10.4. The molecule has 3 nitrogen and oxygen atoms in total. The molecule has 0 fully saturated rings. The summed E-state index contributed by atoms with van der Waals surface area (Å²) in [5, 5.41) is 1.88. The highest BCUT2D eigenvalue weighted by molar-refractivity contribution is 7.90. The summed E-state index contributed by atoms with van der Waals surface area (Å²) in [6, 6.07) is 13.5. The second kappa shape index (κ2) is 5.88. The zero-order valence-electron chi connectivity index (χ0n) is 11.3. The van der Waals surface area contributed by atoms with Crippen molar-refractivity contribution in [2.75, 3.05) is 0 Å². The fourth-order valence-electron chi connectivity index (χ4n) is 2.13. The van der Waals surface area contributed by atoms with Gasteiger partial charge in [0.25, 0.3) is 0 Å². The van der Waals surface area contributed by atoms with Gasteiger partial charge in [-0.05, 0) is 35.9 Å². The van der Waals surface area contributed by atoms with E-state index < -0.39 is 9.84 Å². The van der Waals surface area contributed by atoms with Crippen molar-refractivity contribution < 1.29 is 8.42 Å². The van der Waals surface area contributed by atoms with Crippen LogP contribution in [0.3, 0.4) is 0 Å². The lowest BCUT2D eigenvalue weighted by Crippen LogP contribution is -2.05. The summed E-state index contributed by atoms with van der Waals surface area (Å²) in [6.45, 7) is 0. The zero-order chi connectivity index (χ0) is 15.7. The first kappa shape index (κ1) is 15.3. The van der Waals surface area contributed by atoms with Gasteiger partial charge in [-0.25, -0.2) is 8.42 Å². The van der Waals surface area contributed by atoms with Gasteiger partial charge in [0.2, 0.25) is 0 Å². The largest absolute Gasteiger partial charge is 0.255 e. The molecule has 0 amide bonds. The molecule has 0 spiro atoms. The molecule has 3 rings (SSSR count). The number of pyridine rings is 1. The number of halogens is 2. The summed E-state index contributed by atoms with van der Waals surface area (Å²) >= 11 is 11.7. The van der Waals surface area contributed by atoms with Gasteiger partial charge in [0.15, 0.2) is 9.84 Å². The summed E-state index contributed by atoms with van der Waals surface area (Å²) in [6.07, 6.45) is 1.36. The number of hydrogen-bond donors (Lipinski definition) is 0. The Hall–Kier alpha value is -1.62. The molecule has 2 aromatic carbocycles. The van der Waals surface area contributed by atoms with Crippen LogP contribution in [-0.2, 0) is 15.6 Å². The van der Waals surface area contributed by atoms with Crippen LogP contribution in [0.2, 0.25) is 10.0 Å². The molecule has 3 aromatic rings. The molecule has 0 unspecified atom stereocenters. The van der Waals surface area contributed by atoms with E-state index in [9.17, 15) is 8.42 Å². The van der Waals surface area contributed by atoms with Crippen molar-refractivity contribution in [3.8, 4) is 0 Å². The normalized spacial score (nSPS) is 11.7. The molecule has 0 aliphatic heterocycles. The molecule has 0 saturated carbocycles. The van der Waals surface area contributed by atoms with Crippen LogP contribution in [-0.4, -0.2) is 13.4 Å². The first-order valence-corrected chi connectivity index (χ1v) is 8.87. The first-order valence-electron chi connectivity index (χ1n) is 6.46. The minimum atomic E-state index is -3.47. The Morgan fingerprint density at radius 1 is 0.909 bits per heavy atom. The van der Waals surface area contributed by atoms with Crippen molar-refractivity contribution in [3.63, 3.8) is 0 Å². The van der Waals surface area contributed by atoms with Crippen molar-refractivity contribution >= 4 is 43.9 Å². The van der Waals surface area contributed by atoms with Gasteiger partial charge in [0, 0.05) is 21.6 Å². The van der Waals surface area contributed by atoms with Crippen LogP contribution in [0.15, 0.2) is 59.6 Å². The van der Waals surface area contributed by atoms with Crippen LogP contribution in [0.25, 0.3) is 10.9 Å². The van der Waals surface area contributed by atoms with Crippen molar-refractivity contribution in [1.29, 1.82) is 0 Å². The highest BCUT2D eigenvalue weighted by Crippen LogP contribution is 2.23. The molecule has 6 heteroatoms. The number of rotatable bonds is 3. The van der Waals surface area contributed by atoms with Gasteiger partial charge in [-0.3, -0.25) is 4.98 Å². The monoisotopic (exact) mass is 351 g/mol. The number of fused-ring (bicyclic) bond motifs is 1. The Kier molecular flexibility index (Phi) is 4.08. The van der Waals surface area contributed by atoms with Crippen LogP contribution in [0.5, 0.6) is 0 Å². The van der Waals surface area contributed by atoms with Crippen molar-refractivity contribution in [3.05, 3.63) is 70.3 Å². The van der Waals surface area contributed by atoms with Gasteiger partial charge in [-0.15, -0.1) is 0 Å². The smallest absolute Gasteiger partial charge is 0.184 e. The lowest BCUT2D eigenvalue weighted by Gasteiger charge is -2.06. The van der Waals surface area contributed by atoms with E-state index in [2.05, 4.69) is 4.98 Å². The SMILES string of the molecule is O=S(=O)(Cc1ccc(Cl)cc1)c1cnc2cc(Cl)ccc2c1. The fraction of sp³-hybridized carbons (Fsp3) is 0.0625. The third kappa shape index (κ3) is 3.24. The summed E-state index contributed by atoms with van der Waals surface area (Å²) in [5.74, 6) is -0.0923. The van der Waals surface area contributed by atoms with Crippen LogP contribution in [0, 0.1) is 0 Å². The number of nitrogens with zero attached hydrogens (tertiary/aromatic N) is 1. The lowest BCUT2D eigenvalue weighted by molar-refractivity contribution is 0.595. The molecule has 0 saturated heterocycles. The average Bonchev–Trinajstić information content (AvgIpc) is 2.49. The van der Waals surface area contributed by atoms with E-state index in [0.717, 1.165) is 5.39 Å². The molecule has 22 heavy (non-hydrogen) atoms. The van der Waals surface area contributed by atoms with Gasteiger partial charge in [0.05, 0.1) is 16.2 Å². The van der Waals surface area contributed by atoms with E-state index in [1.807, 2.05) is 0 Å². The molecular formula is C16H11Cl2NO2S. The van der Waals surface area contributed by atoms with Crippen molar-refractivity contribution in [2.24, 2.45) is 0 Å². The van der Waals surface area contributed by atoms with Crippen molar-refractivity contribution in [2.45, 2.75) is 10.6 Å². The zero-order valence-corrected chi connectivity index (χ0v) is 13.7. The van der Waals surface area contributed by atoms with E-state index >= 15 is 0 Å². The molecule has 1 heterocycles. The predicted octanol–water partition coefficient (Wildman–Crippen LogP) is 4.52. The van der Waals surface area contributed by atoms with Gasteiger partial charge >= 0.3 is 0 Å². The van der Waals surface area contributed by atoms with E-state index in [1.54, 1.807) is 48.5 Å². The van der Waals surface area contributed by atoms with Gasteiger partial charge in [-0.1, -0.05) is 41.4 Å². The van der Waals surface area contributed by atoms with E-state index in [1.165, 1.54) is 6.20 Å². The second-order valence-electron chi connectivity index (χ2n) is 4.89. The molecule has 112 valence electrons. The van der Waals surface area contributed by atoms with Gasteiger partial charge in [0.1, 0.15) is 0 Å². The number of hydrogen-bond acceptors (Lipinski definition) is 3. The molecular weight excluding hydrogens is 341 g/mol. The van der Waals surface area contributed by atoms with Crippen LogP contribution in [0.4, 0.5) is 0 Å². The molecule has 0 aliphatic carbocycles. The molecule has 0 bridgehead atoms. The van der Waals surface area contributed by atoms with E-state index in [0.29, 0.717) is 21.1 Å². The molecule has 0 aliphatic rings. The highest BCUT2D eigenvalue weighted by Gasteiger charge is 2.16. The molecule has 0 N–H and O–H groups in total. The summed E-state index contributed by atoms with van der Waals surface area (Å²) in [7, 11) is -3.47. The van der Waals surface area contributed by atoms with Crippen LogP contribution >= 0.6 is 23.2 Å². The Labute approximate surface area is 138 Å². The predicted molar refractivity (Wildman–Crippen MR) is 89.1 cm³/mol. The van der Waals surface area contributed by atoms with Crippen LogP contribution < -0.4 is 0 Å². The second-order valence-corrected chi connectivity index (χ2v) is 7.76. The maximum Gasteiger partial charge on any atom is 0.184 e. The Morgan fingerprint density at radius 3 is 2.32 bits per heavy atom.